The van der Waals surface area contributed by atoms with E-state index in [1.807, 2.05) is 0 Å². The zero-order valence-electron chi connectivity index (χ0n) is 12.0. The molecule has 0 radical (unpaired) electrons. The van der Waals surface area contributed by atoms with E-state index in [-0.39, 0.29) is 0 Å². The molecule has 0 bridgehead atoms. The second kappa shape index (κ2) is 7.96. The van der Waals surface area contributed by atoms with E-state index in [0.717, 1.165) is 18.4 Å². The molecule has 102 valence electrons. The fourth-order valence-corrected chi connectivity index (χ4v) is 2.72. The lowest BCUT2D eigenvalue weighted by molar-refractivity contribution is 0.358. The molecule has 0 heterocycles. The van der Waals surface area contributed by atoms with Gasteiger partial charge in [0, 0.05) is 17.1 Å². The van der Waals surface area contributed by atoms with Gasteiger partial charge >= 0.3 is 0 Å². The van der Waals surface area contributed by atoms with Crippen LogP contribution in [0.5, 0.6) is 0 Å². The van der Waals surface area contributed by atoms with Crippen LogP contribution in [0.1, 0.15) is 46.1 Å². The minimum Gasteiger partial charge on any atom is -0.310 e. The first-order valence-corrected chi connectivity index (χ1v) is 7.75. The molecule has 1 aromatic rings. The molecule has 1 rings (SSSR count). The lowest BCUT2D eigenvalue weighted by Crippen LogP contribution is -2.31. The Morgan fingerprint density at radius 3 is 2.06 bits per heavy atom. The standard InChI is InChI=1S/C16H26BrN/c1-12(2)9-15(10-13(3)4)18-11-14-7-5-6-8-16(14)17/h5-8,12-13,15,18H,9-11H2,1-4H3. The van der Waals surface area contributed by atoms with Crippen molar-refractivity contribution in [2.24, 2.45) is 11.8 Å². The zero-order valence-corrected chi connectivity index (χ0v) is 13.6. The highest BCUT2D eigenvalue weighted by Gasteiger charge is 2.12. The van der Waals surface area contributed by atoms with Crippen molar-refractivity contribution < 1.29 is 0 Å². The predicted octanol–water partition coefficient (Wildman–Crippen LogP) is 5.00. The molecule has 1 aromatic carbocycles. The van der Waals surface area contributed by atoms with E-state index in [2.05, 4.69) is 73.2 Å². The Morgan fingerprint density at radius 2 is 1.56 bits per heavy atom. The number of halogens is 1. The summed E-state index contributed by atoms with van der Waals surface area (Å²) in [6, 6.07) is 9.07. The van der Waals surface area contributed by atoms with Crippen LogP contribution in [0.4, 0.5) is 0 Å². The van der Waals surface area contributed by atoms with E-state index in [0.29, 0.717) is 6.04 Å². The monoisotopic (exact) mass is 311 g/mol. The zero-order chi connectivity index (χ0) is 13.5. The summed E-state index contributed by atoms with van der Waals surface area (Å²) < 4.78 is 1.20. The highest BCUT2D eigenvalue weighted by atomic mass is 79.9. The Balaban J connectivity index is 2.53. The van der Waals surface area contributed by atoms with E-state index in [1.165, 1.54) is 22.9 Å². The first kappa shape index (κ1) is 15.7. The molecule has 2 heteroatoms. The summed E-state index contributed by atoms with van der Waals surface area (Å²) in [6.45, 7) is 10.1. The van der Waals surface area contributed by atoms with Crippen molar-refractivity contribution in [3.63, 3.8) is 0 Å². The Bertz CT molecular complexity index is 337. The van der Waals surface area contributed by atoms with Crippen molar-refractivity contribution in [1.82, 2.24) is 5.32 Å². The Morgan fingerprint density at radius 1 is 1.00 bits per heavy atom. The van der Waals surface area contributed by atoms with Crippen LogP contribution >= 0.6 is 15.9 Å². The Kier molecular flexibility index (Phi) is 6.95. The number of hydrogen-bond acceptors (Lipinski definition) is 1. The van der Waals surface area contributed by atoms with Gasteiger partial charge in [-0.25, -0.2) is 0 Å². The molecule has 0 aliphatic carbocycles. The van der Waals surface area contributed by atoms with Crippen LogP contribution in [0.25, 0.3) is 0 Å². The van der Waals surface area contributed by atoms with E-state index in [9.17, 15) is 0 Å². The Hall–Kier alpha value is -0.340. The number of hydrogen-bond donors (Lipinski definition) is 1. The number of benzene rings is 1. The average molecular weight is 312 g/mol. The lowest BCUT2D eigenvalue weighted by atomic mass is 9.95. The summed E-state index contributed by atoms with van der Waals surface area (Å²) in [7, 11) is 0. The summed E-state index contributed by atoms with van der Waals surface area (Å²) in [4.78, 5) is 0. The third-order valence-electron chi connectivity index (χ3n) is 3.05. The lowest BCUT2D eigenvalue weighted by Gasteiger charge is -2.23. The van der Waals surface area contributed by atoms with Crippen molar-refractivity contribution in [2.75, 3.05) is 0 Å². The second-order valence-corrected chi connectivity index (χ2v) is 6.78. The summed E-state index contributed by atoms with van der Waals surface area (Å²) in [5, 5.41) is 3.71. The first-order chi connectivity index (χ1) is 8.49. The molecular formula is C16H26BrN. The smallest absolute Gasteiger partial charge is 0.0220 e. The van der Waals surface area contributed by atoms with Gasteiger partial charge in [-0.15, -0.1) is 0 Å². The predicted molar refractivity (Wildman–Crippen MR) is 83.7 cm³/mol. The van der Waals surface area contributed by atoms with E-state index in [1.54, 1.807) is 0 Å². The highest BCUT2D eigenvalue weighted by molar-refractivity contribution is 9.10. The Labute approximate surface area is 120 Å². The highest BCUT2D eigenvalue weighted by Crippen LogP contribution is 2.18. The molecule has 0 unspecified atom stereocenters. The van der Waals surface area contributed by atoms with Crippen LogP contribution in [-0.4, -0.2) is 6.04 Å². The van der Waals surface area contributed by atoms with Crippen LogP contribution in [0, 0.1) is 11.8 Å². The average Bonchev–Trinajstić information content (AvgIpc) is 2.26. The SMILES string of the molecule is CC(C)CC(CC(C)C)NCc1ccccc1Br. The molecule has 0 atom stereocenters. The molecule has 0 saturated carbocycles. The third-order valence-corrected chi connectivity index (χ3v) is 3.82. The van der Waals surface area contributed by atoms with Crippen molar-refractivity contribution >= 4 is 15.9 Å². The molecule has 0 amide bonds. The quantitative estimate of drug-likeness (QED) is 0.747. The molecule has 0 aliphatic heterocycles. The van der Waals surface area contributed by atoms with Crippen molar-refractivity contribution in [3.8, 4) is 0 Å². The van der Waals surface area contributed by atoms with Crippen LogP contribution in [0.15, 0.2) is 28.7 Å². The van der Waals surface area contributed by atoms with Gasteiger partial charge in [-0.2, -0.15) is 0 Å². The summed E-state index contributed by atoms with van der Waals surface area (Å²) in [6.07, 6.45) is 2.51. The number of rotatable bonds is 7. The summed E-state index contributed by atoms with van der Waals surface area (Å²) in [5.41, 5.74) is 1.34. The minimum atomic E-state index is 0.622. The van der Waals surface area contributed by atoms with Crippen molar-refractivity contribution in [3.05, 3.63) is 34.3 Å². The summed E-state index contributed by atoms with van der Waals surface area (Å²) >= 11 is 3.61. The largest absolute Gasteiger partial charge is 0.310 e. The van der Waals surface area contributed by atoms with Gasteiger partial charge in [0.25, 0.3) is 0 Å². The maximum atomic E-state index is 3.71. The maximum Gasteiger partial charge on any atom is 0.0220 e. The molecule has 1 nitrogen and oxygen atoms in total. The van der Waals surface area contributed by atoms with E-state index in [4.69, 9.17) is 0 Å². The molecule has 0 spiro atoms. The molecular weight excluding hydrogens is 286 g/mol. The van der Waals surface area contributed by atoms with Gasteiger partial charge in [-0.3, -0.25) is 0 Å². The van der Waals surface area contributed by atoms with Gasteiger partial charge in [0.15, 0.2) is 0 Å². The number of nitrogens with one attached hydrogen (secondary N) is 1. The maximum absolute atomic E-state index is 3.71. The van der Waals surface area contributed by atoms with Gasteiger partial charge in [0.2, 0.25) is 0 Å². The van der Waals surface area contributed by atoms with Gasteiger partial charge in [-0.1, -0.05) is 61.8 Å². The first-order valence-electron chi connectivity index (χ1n) is 6.95. The van der Waals surface area contributed by atoms with Crippen molar-refractivity contribution in [1.29, 1.82) is 0 Å². The minimum absolute atomic E-state index is 0.622. The second-order valence-electron chi connectivity index (χ2n) is 5.93. The van der Waals surface area contributed by atoms with Crippen LogP contribution in [0.2, 0.25) is 0 Å². The van der Waals surface area contributed by atoms with Gasteiger partial charge in [-0.05, 0) is 36.3 Å². The van der Waals surface area contributed by atoms with Gasteiger partial charge in [0.05, 0.1) is 0 Å². The third kappa shape index (κ3) is 6.01. The molecule has 18 heavy (non-hydrogen) atoms. The summed E-state index contributed by atoms with van der Waals surface area (Å²) in [5.74, 6) is 1.50. The molecule has 0 saturated heterocycles. The fourth-order valence-electron chi connectivity index (χ4n) is 2.30. The van der Waals surface area contributed by atoms with Crippen LogP contribution < -0.4 is 5.32 Å². The van der Waals surface area contributed by atoms with E-state index >= 15 is 0 Å². The van der Waals surface area contributed by atoms with Crippen molar-refractivity contribution in [2.45, 2.75) is 53.1 Å². The van der Waals surface area contributed by atoms with Gasteiger partial charge in [0.1, 0.15) is 0 Å². The molecule has 0 aromatic heterocycles. The topological polar surface area (TPSA) is 12.0 Å². The molecule has 0 fully saturated rings. The normalized spacial score (nSPS) is 11.8. The van der Waals surface area contributed by atoms with E-state index < -0.39 is 0 Å². The van der Waals surface area contributed by atoms with Crippen LogP contribution in [-0.2, 0) is 6.54 Å². The van der Waals surface area contributed by atoms with Crippen LogP contribution in [0.3, 0.4) is 0 Å². The molecule has 0 aliphatic rings. The fraction of sp³-hybridized carbons (Fsp3) is 0.625. The van der Waals surface area contributed by atoms with Gasteiger partial charge < -0.3 is 5.32 Å². The molecule has 1 N–H and O–H groups in total.